The Morgan fingerprint density at radius 3 is 2.81 bits per heavy atom. The minimum Gasteiger partial charge on any atom is -0.492 e. The number of halogens is 1. The lowest BCUT2D eigenvalue weighted by atomic mass is 10.3. The summed E-state index contributed by atoms with van der Waals surface area (Å²) in [5, 5.41) is 0.0354. The van der Waals surface area contributed by atoms with Gasteiger partial charge in [-0.25, -0.2) is 17.8 Å². The normalized spacial score (nSPS) is 11.8. The molecule has 0 radical (unpaired) electrons. The van der Waals surface area contributed by atoms with Gasteiger partial charge in [-0.3, -0.25) is 0 Å². The van der Waals surface area contributed by atoms with Gasteiger partial charge >= 0.3 is 0 Å². The lowest BCUT2D eigenvalue weighted by Crippen LogP contribution is -2.31. The molecule has 1 N–H and O–H groups in total. The topological polar surface area (TPSA) is 75.3 Å². The molecule has 0 aliphatic carbocycles. The molecule has 1 aromatic carbocycles. The van der Waals surface area contributed by atoms with Crippen LogP contribution in [0.25, 0.3) is 0 Å². The molecule has 0 atom stereocenters. The van der Waals surface area contributed by atoms with Crippen LogP contribution < -0.4 is 4.74 Å². The van der Waals surface area contributed by atoms with Gasteiger partial charge in [0, 0.05) is 19.7 Å². The molecule has 2 aromatic rings. The minimum absolute atomic E-state index is 0.0354. The molecule has 114 valence electrons. The molecular weight excluding hydrogens is 297 g/mol. The van der Waals surface area contributed by atoms with Gasteiger partial charge in [0.05, 0.1) is 6.20 Å². The van der Waals surface area contributed by atoms with E-state index in [0.29, 0.717) is 11.6 Å². The first-order valence-corrected chi connectivity index (χ1v) is 7.70. The van der Waals surface area contributed by atoms with Crippen LogP contribution in [-0.2, 0) is 10.0 Å². The third-order valence-corrected chi connectivity index (χ3v) is 4.61. The highest BCUT2D eigenvalue weighted by atomic mass is 32.2. The molecular formula is C13H16FN3O3S. The standard InChI is InChI=1S/C13H16FN3O3S/c1-10-15-9-13(16-10)21(18,19)17(2)6-7-20-12-5-3-4-11(14)8-12/h3-5,8-9H,6-7H2,1-2H3,(H,15,16). The quantitative estimate of drug-likeness (QED) is 0.878. The van der Waals surface area contributed by atoms with E-state index in [2.05, 4.69) is 9.97 Å². The molecule has 0 aliphatic heterocycles. The van der Waals surface area contributed by atoms with Gasteiger partial charge in [0.25, 0.3) is 10.0 Å². The largest absolute Gasteiger partial charge is 0.492 e. The van der Waals surface area contributed by atoms with Crippen molar-refractivity contribution in [1.29, 1.82) is 0 Å². The number of benzene rings is 1. The number of imidazole rings is 1. The number of aromatic nitrogens is 2. The van der Waals surface area contributed by atoms with Gasteiger partial charge in [0.1, 0.15) is 24.0 Å². The summed E-state index contributed by atoms with van der Waals surface area (Å²) >= 11 is 0. The number of hydrogen-bond donors (Lipinski definition) is 1. The van der Waals surface area contributed by atoms with E-state index in [1.54, 1.807) is 13.0 Å². The summed E-state index contributed by atoms with van der Waals surface area (Å²) in [5.41, 5.74) is 0. The Balaban J connectivity index is 1.94. The number of rotatable bonds is 6. The Labute approximate surface area is 122 Å². The van der Waals surface area contributed by atoms with Gasteiger partial charge in [0.2, 0.25) is 0 Å². The van der Waals surface area contributed by atoms with Crippen LogP contribution >= 0.6 is 0 Å². The number of likely N-dealkylation sites (N-methyl/N-ethyl adjacent to an activating group) is 1. The first-order chi connectivity index (χ1) is 9.89. The van der Waals surface area contributed by atoms with Gasteiger partial charge < -0.3 is 9.72 Å². The van der Waals surface area contributed by atoms with Crippen LogP contribution in [0.2, 0.25) is 0 Å². The molecule has 0 saturated heterocycles. The van der Waals surface area contributed by atoms with Crippen molar-refractivity contribution in [2.24, 2.45) is 0 Å². The van der Waals surface area contributed by atoms with Crippen molar-refractivity contribution in [3.05, 3.63) is 42.1 Å². The summed E-state index contributed by atoms with van der Waals surface area (Å²) in [6, 6.07) is 5.69. The van der Waals surface area contributed by atoms with E-state index < -0.39 is 15.8 Å². The second-order valence-electron chi connectivity index (χ2n) is 4.47. The number of aryl methyl sites for hydroxylation is 1. The van der Waals surface area contributed by atoms with Crippen molar-refractivity contribution in [3.63, 3.8) is 0 Å². The first-order valence-electron chi connectivity index (χ1n) is 6.26. The van der Waals surface area contributed by atoms with E-state index in [1.807, 2.05) is 0 Å². The molecule has 0 saturated carbocycles. The van der Waals surface area contributed by atoms with Crippen molar-refractivity contribution in [2.75, 3.05) is 20.2 Å². The summed E-state index contributed by atoms with van der Waals surface area (Å²) in [6.45, 7) is 1.93. The van der Waals surface area contributed by atoms with Crippen LogP contribution in [0.3, 0.4) is 0 Å². The van der Waals surface area contributed by atoms with Gasteiger partial charge in [-0.15, -0.1) is 0 Å². The van der Waals surface area contributed by atoms with E-state index in [1.165, 1.54) is 31.4 Å². The number of hydrogen-bond acceptors (Lipinski definition) is 4. The summed E-state index contributed by atoms with van der Waals surface area (Å²) < 4.78 is 43.8. The predicted molar refractivity (Wildman–Crippen MR) is 75.0 cm³/mol. The Morgan fingerprint density at radius 1 is 1.43 bits per heavy atom. The van der Waals surface area contributed by atoms with Crippen LogP contribution in [0.15, 0.2) is 35.5 Å². The number of sulfonamides is 1. The molecule has 0 aliphatic rings. The number of nitrogens with zero attached hydrogens (tertiary/aromatic N) is 2. The fraction of sp³-hybridized carbons (Fsp3) is 0.308. The zero-order valence-electron chi connectivity index (χ0n) is 11.7. The fourth-order valence-electron chi connectivity index (χ4n) is 1.67. The predicted octanol–water partition coefficient (Wildman–Crippen LogP) is 1.56. The monoisotopic (exact) mass is 313 g/mol. The van der Waals surface area contributed by atoms with Crippen molar-refractivity contribution in [1.82, 2.24) is 14.3 Å². The molecule has 0 spiro atoms. The zero-order valence-corrected chi connectivity index (χ0v) is 12.5. The molecule has 0 unspecified atom stereocenters. The molecule has 1 heterocycles. The average molecular weight is 313 g/mol. The number of nitrogens with one attached hydrogen (secondary N) is 1. The molecule has 0 bridgehead atoms. The minimum atomic E-state index is -3.62. The number of ether oxygens (including phenoxy) is 1. The second kappa shape index (κ2) is 6.23. The third kappa shape index (κ3) is 3.79. The van der Waals surface area contributed by atoms with Gasteiger partial charge in [0.15, 0.2) is 5.03 Å². The fourth-order valence-corrected chi connectivity index (χ4v) is 2.78. The van der Waals surface area contributed by atoms with Gasteiger partial charge in [-0.05, 0) is 19.1 Å². The van der Waals surface area contributed by atoms with Crippen molar-refractivity contribution in [2.45, 2.75) is 11.9 Å². The lowest BCUT2D eigenvalue weighted by Gasteiger charge is -2.16. The van der Waals surface area contributed by atoms with Gasteiger partial charge in [-0.1, -0.05) is 6.07 Å². The second-order valence-corrected chi connectivity index (χ2v) is 6.48. The van der Waals surface area contributed by atoms with Gasteiger partial charge in [-0.2, -0.15) is 4.31 Å². The highest BCUT2D eigenvalue weighted by Gasteiger charge is 2.22. The lowest BCUT2D eigenvalue weighted by molar-refractivity contribution is 0.285. The van der Waals surface area contributed by atoms with E-state index in [0.717, 1.165) is 4.31 Å². The summed E-state index contributed by atoms with van der Waals surface area (Å²) in [6.07, 6.45) is 1.27. The van der Waals surface area contributed by atoms with Crippen LogP contribution in [0, 0.1) is 12.7 Å². The van der Waals surface area contributed by atoms with Crippen molar-refractivity contribution >= 4 is 10.0 Å². The molecule has 8 heteroatoms. The maximum atomic E-state index is 13.0. The molecule has 2 rings (SSSR count). The van der Waals surface area contributed by atoms with E-state index in [4.69, 9.17) is 4.74 Å². The highest BCUT2D eigenvalue weighted by molar-refractivity contribution is 7.89. The van der Waals surface area contributed by atoms with Crippen LogP contribution in [0.4, 0.5) is 4.39 Å². The van der Waals surface area contributed by atoms with Crippen molar-refractivity contribution < 1.29 is 17.5 Å². The Bertz CT molecular complexity index is 715. The SMILES string of the molecule is Cc1ncc(S(=O)(=O)N(C)CCOc2cccc(F)c2)[nH]1. The van der Waals surface area contributed by atoms with Crippen LogP contribution in [-0.4, -0.2) is 42.9 Å². The summed E-state index contributed by atoms with van der Waals surface area (Å²) in [4.78, 5) is 6.55. The maximum absolute atomic E-state index is 13.0. The molecule has 0 fully saturated rings. The zero-order chi connectivity index (χ0) is 15.5. The van der Waals surface area contributed by atoms with Crippen molar-refractivity contribution in [3.8, 4) is 5.75 Å². The van der Waals surface area contributed by atoms with E-state index >= 15 is 0 Å². The Morgan fingerprint density at radius 2 is 2.19 bits per heavy atom. The maximum Gasteiger partial charge on any atom is 0.259 e. The molecule has 6 nitrogen and oxygen atoms in total. The van der Waals surface area contributed by atoms with Crippen LogP contribution in [0.1, 0.15) is 5.82 Å². The molecule has 1 aromatic heterocycles. The Kier molecular flexibility index (Phi) is 4.59. The average Bonchev–Trinajstić information content (AvgIpc) is 2.86. The molecule has 0 amide bonds. The third-order valence-electron chi connectivity index (χ3n) is 2.84. The molecule has 21 heavy (non-hydrogen) atoms. The summed E-state index contributed by atoms with van der Waals surface area (Å²) in [7, 11) is -2.17. The summed E-state index contributed by atoms with van der Waals surface area (Å²) in [5.74, 6) is 0.484. The van der Waals surface area contributed by atoms with Crippen LogP contribution in [0.5, 0.6) is 5.75 Å². The van der Waals surface area contributed by atoms with E-state index in [9.17, 15) is 12.8 Å². The highest BCUT2D eigenvalue weighted by Crippen LogP contribution is 2.13. The Hall–Kier alpha value is -1.93. The number of H-pyrrole nitrogens is 1. The van der Waals surface area contributed by atoms with E-state index in [-0.39, 0.29) is 18.2 Å². The number of aromatic amines is 1. The smallest absolute Gasteiger partial charge is 0.259 e. The first kappa shape index (κ1) is 15.5.